The minimum atomic E-state index is -3.35. The van der Waals surface area contributed by atoms with Crippen LogP contribution in [0, 0.1) is 0 Å². The van der Waals surface area contributed by atoms with Crippen LogP contribution in [0.1, 0.15) is 10.4 Å². The molecule has 1 aromatic heterocycles. The second kappa shape index (κ2) is 8.22. The zero-order valence-electron chi connectivity index (χ0n) is 16.2. The molecule has 1 heterocycles. The highest BCUT2D eigenvalue weighted by Gasteiger charge is 2.19. The van der Waals surface area contributed by atoms with Gasteiger partial charge in [-0.1, -0.05) is 23.5 Å². The lowest BCUT2D eigenvalue weighted by Crippen LogP contribution is -2.16. The number of sulfone groups is 1. The molecule has 0 radical (unpaired) electrons. The maximum Gasteiger partial charge on any atom is 0.287 e. The highest BCUT2D eigenvalue weighted by atomic mass is 32.2. The summed E-state index contributed by atoms with van der Waals surface area (Å²) in [4.78, 5) is 17.9. The van der Waals surface area contributed by atoms with Gasteiger partial charge in [0.1, 0.15) is 17.1 Å². The molecule has 0 saturated heterocycles. The summed E-state index contributed by atoms with van der Waals surface area (Å²) in [6.07, 6.45) is 2.84. The molecule has 0 spiro atoms. The number of ether oxygens (including phenoxy) is 2. The Morgan fingerprint density at radius 1 is 1.21 bits per heavy atom. The Labute approximate surface area is 172 Å². The van der Waals surface area contributed by atoms with Crippen LogP contribution in [0.3, 0.4) is 0 Å². The molecule has 29 heavy (non-hydrogen) atoms. The van der Waals surface area contributed by atoms with Gasteiger partial charge in [-0.3, -0.25) is 4.79 Å². The van der Waals surface area contributed by atoms with E-state index in [9.17, 15) is 13.2 Å². The Morgan fingerprint density at radius 3 is 2.41 bits per heavy atom. The summed E-state index contributed by atoms with van der Waals surface area (Å²) < 4.78 is 36.8. The standard InChI is InChI=1S/C20H20N2O5S2/c1-5-11-22-14-10-9-13(29(4,24)25)12-17(14)28-20(22)21-19(23)18-15(26-2)7-6-8-16(18)27-3/h5-10,12H,1,11H2,2-4H3. The lowest BCUT2D eigenvalue weighted by molar-refractivity contribution is 0.0992. The van der Waals surface area contributed by atoms with Gasteiger partial charge in [0.25, 0.3) is 5.91 Å². The Morgan fingerprint density at radius 2 is 1.86 bits per heavy atom. The predicted molar refractivity (Wildman–Crippen MR) is 113 cm³/mol. The van der Waals surface area contributed by atoms with E-state index >= 15 is 0 Å². The maximum atomic E-state index is 13.0. The van der Waals surface area contributed by atoms with E-state index in [0.29, 0.717) is 27.5 Å². The number of thiazole rings is 1. The van der Waals surface area contributed by atoms with Gasteiger partial charge in [-0.2, -0.15) is 4.99 Å². The van der Waals surface area contributed by atoms with Gasteiger partial charge < -0.3 is 14.0 Å². The van der Waals surface area contributed by atoms with Gasteiger partial charge in [-0.15, -0.1) is 6.58 Å². The van der Waals surface area contributed by atoms with Crippen molar-refractivity contribution in [2.45, 2.75) is 11.4 Å². The van der Waals surface area contributed by atoms with Gasteiger partial charge in [-0.05, 0) is 30.3 Å². The molecular weight excluding hydrogens is 412 g/mol. The average molecular weight is 433 g/mol. The van der Waals surface area contributed by atoms with Gasteiger partial charge in [0.05, 0.1) is 29.3 Å². The molecule has 0 atom stereocenters. The average Bonchev–Trinajstić information content (AvgIpc) is 3.03. The van der Waals surface area contributed by atoms with Crippen LogP contribution in [0.15, 0.2) is 58.9 Å². The van der Waals surface area contributed by atoms with Crippen molar-refractivity contribution in [2.75, 3.05) is 20.5 Å². The molecule has 3 aromatic rings. The number of carbonyl (C=O) groups is 1. The van der Waals surface area contributed by atoms with Crippen molar-refractivity contribution in [1.82, 2.24) is 4.57 Å². The van der Waals surface area contributed by atoms with E-state index in [4.69, 9.17) is 9.47 Å². The maximum absolute atomic E-state index is 13.0. The Balaban J connectivity index is 2.23. The summed E-state index contributed by atoms with van der Waals surface area (Å²) in [7, 11) is -0.412. The van der Waals surface area contributed by atoms with Gasteiger partial charge in [-0.25, -0.2) is 8.42 Å². The molecule has 3 rings (SSSR count). The topological polar surface area (TPSA) is 87.0 Å². The number of aromatic nitrogens is 1. The molecule has 0 fully saturated rings. The molecule has 0 N–H and O–H groups in total. The van der Waals surface area contributed by atoms with Crippen LogP contribution in [0.5, 0.6) is 11.5 Å². The third kappa shape index (κ3) is 4.10. The van der Waals surface area contributed by atoms with E-state index in [1.165, 1.54) is 25.6 Å². The van der Waals surface area contributed by atoms with Gasteiger partial charge in [0.15, 0.2) is 14.6 Å². The minimum Gasteiger partial charge on any atom is -0.496 e. The third-order valence-electron chi connectivity index (χ3n) is 4.23. The first-order valence-electron chi connectivity index (χ1n) is 8.54. The Bertz CT molecular complexity index is 1250. The number of allylic oxidation sites excluding steroid dienone is 1. The number of benzene rings is 2. The predicted octanol–water partition coefficient (Wildman–Crippen LogP) is 3.05. The van der Waals surface area contributed by atoms with Crippen LogP contribution in [0.2, 0.25) is 0 Å². The summed E-state index contributed by atoms with van der Waals surface area (Å²) >= 11 is 1.23. The van der Waals surface area contributed by atoms with E-state index in [-0.39, 0.29) is 10.5 Å². The number of amides is 1. The third-order valence-corrected chi connectivity index (χ3v) is 6.38. The van der Waals surface area contributed by atoms with Gasteiger partial charge in [0.2, 0.25) is 0 Å². The molecule has 0 saturated carbocycles. The Hall–Kier alpha value is -2.91. The summed E-state index contributed by atoms with van der Waals surface area (Å²) in [5.41, 5.74) is 0.984. The van der Waals surface area contributed by atoms with Crippen LogP contribution in [0.25, 0.3) is 10.2 Å². The zero-order valence-corrected chi connectivity index (χ0v) is 17.8. The number of hydrogen-bond acceptors (Lipinski definition) is 6. The first-order chi connectivity index (χ1) is 13.8. The van der Waals surface area contributed by atoms with Crippen LogP contribution < -0.4 is 14.3 Å². The van der Waals surface area contributed by atoms with Crippen LogP contribution in [0.4, 0.5) is 0 Å². The smallest absolute Gasteiger partial charge is 0.287 e. The second-order valence-electron chi connectivity index (χ2n) is 6.14. The van der Waals surface area contributed by atoms with Crippen molar-refractivity contribution in [3.63, 3.8) is 0 Å². The second-order valence-corrected chi connectivity index (χ2v) is 9.16. The summed E-state index contributed by atoms with van der Waals surface area (Å²) in [5, 5.41) is 0. The molecule has 9 heteroatoms. The van der Waals surface area contributed by atoms with E-state index in [2.05, 4.69) is 11.6 Å². The summed E-state index contributed by atoms with van der Waals surface area (Å²) in [6.45, 7) is 4.16. The summed E-state index contributed by atoms with van der Waals surface area (Å²) in [6, 6.07) is 9.87. The zero-order chi connectivity index (χ0) is 21.2. The van der Waals surface area contributed by atoms with Gasteiger partial charge in [0, 0.05) is 12.8 Å². The highest BCUT2D eigenvalue weighted by Crippen LogP contribution is 2.29. The molecule has 7 nitrogen and oxygen atoms in total. The number of hydrogen-bond donors (Lipinski definition) is 0. The van der Waals surface area contributed by atoms with Gasteiger partial charge >= 0.3 is 0 Å². The van der Waals surface area contributed by atoms with Crippen molar-refractivity contribution in [3.8, 4) is 11.5 Å². The van der Waals surface area contributed by atoms with E-state index in [0.717, 1.165) is 11.8 Å². The fourth-order valence-electron chi connectivity index (χ4n) is 2.88. The molecule has 0 aliphatic heterocycles. The van der Waals surface area contributed by atoms with Crippen molar-refractivity contribution in [1.29, 1.82) is 0 Å². The van der Waals surface area contributed by atoms with E-state index in [1.807, 2.05) is 0 Å². The number of carbonyl (C=O) groups excluding carboxylic acids is 1. The lowest BCUT2D eigenvalue weighted by Gasteiger charge is -2.09. The number of fused-ring (bicyclic) bond motifs is 1. The number of rotatable bonds is 6. The molecule has 1 amide bonds. The highest BCUT2D eigenvalue weighted by molar-refractivity contribution is 7.90. The molecule has 152 valence electrons. The van der Waals surface area contributed by atoms with Crippen molar-refractivity contribution >= 4 is 37.3 Å². The fourth-order valence-corrected chi connectivity index (χ4v) is 4.68. The fraction of sp³-hybridized carbons (Fsp3) is 0.200. The monoisotopic (exact) mass is 432 g/mol. The summed E-state index contributed by atoms with van der Waals surface area (Å²) in [5.74, 6) is 0.190. The van der Waals surface area contributed by atoms with Crippen LogP contribution in [-0.2, 0) is 16.4 Å². The van der Waals surface area contributed by atoms with Crippen molar-refractivity contribution in [2.24, 2.45) is 4.99 Å². The molecule has 0 aliphatic rings. The van der Waals surface area contributed by atoms with Crippen molar-refractivity contribution < 1.29 is 22.7 Å². The number of methoxy groups -OCH3 is 2. The quantitative estimate of drug-likeness (QED) is 0.559. The molecule has 0 bridgehead atoms. The number of nitrogens with zero attached hydrogens (tertiary/aromatic N) is 2. The minimum absolute atomic E-state index is 0.210. The first-order valence-corrected chi connectivity index (χ1v) is 11.2. The first kappa shape index (κ1) is 20.8. The molecular formula is C20H20N2O5S2. The lowest BCUT2D eigenvalue weighted by atomic mass is 10.1. The van der Waals surface area contributed by atoms with E-state index in [1.54, 1.807) is 47.0 Å². The molecule has 0 aliphatic carbocycles. The molecule has 2 aromatic carbocycles. The van der Waals surface area contributed by atoms with Crippen molar-refractivity contribution in [3.05, 3.63) is 59.4 Å². The van der Waals surface area contributed by atoms with E-state index < -0.39 is 15.7 Å². The largest absolute Gasteiger partial charge is 0.496 e. The Kier molecular flexibility index (Phi) is 5.90. The normalized spacial score (nSPS) is 12.2. The SMILES string of the molecule is C=CCn1c(=NC(=O)c2c(OC)cccc2OC)sc2cc(S(C)(=O)=O)ccc21. The van der Waals surface area contributed by atoms with Crippen LogP contribution >= 0.6 is 11.3 Å². The van der Waals surface area contributed by atoms with Crippen LogP contribution in [-0.4, -0.2) is 39.4 Å². The molecule has 0 unspecified atom stereocenters.